The molecule has 4 atom stereocenters. The van der Waals surface area contributed by atoms with E-state index in [4.69, 9.17) is 31.5 Å². The Hall–Kier alpha value is -1.19. The minimum atomic E-state index is -2.45. The standard InChI is InChI=1S/C28H52FN5O3SSi2/c1-15(2)39(16(3)4,17(5)6)35-13-21-24(37-40(18(7)8,19(9)10)20(11)12)23(29)28(36-21)34-26-22(27(38)33-34)25(30)31-14-32-26/h14-21,23-24,28H,13H2,1-12H3,(H,33,38)(H2,30,31,32)/t21-,23+,24-,28-/m1/s1. The maximum atomic E-state index is 16.8. The van der Waals surface area contributed by atoms with E-state index < -0.39 is 41.2 Å². The smallest absolute Gasteiger partial charge is 0.201 e. The maximum absolute atomic E-state index is 16.8. The summed E-state index contributed by atoms with van der Waals surface area (Å²) >= 11 is 5.51. The van der Waals surface area contributed by atoms with Crippen LogP contribution in [0.5, 0.6) is 0 Å². The van der Waals surface area contributed by atoms with Gasteiger partial charge in [0.05, 0.1) is 12.0 Å². The molecule has 0 bridgehead atoms. The average Bonchev–Trinajstić information content (AvgIpc) is 3.33. The molecule has 3 N–H and O–H groups in total. The summed E-state index contributed by atoms with van der Waals surface area (Å²) in [5.41, 5.74) is 8.58. The molecule has 1 fully saturated rings. The van der Waals surface area contributed by atoms with Gasteiger partial charge in [-0.2, -0.15) is 0 Å². The number of nitrogen functional groups attached to an aromatic ring is 1. The van der Waals surface area contributed by atoms with E-state index in [-0.39, 0.29) is 12.4 Å². The van der Waals surface area contributed by atoms with E-state index in [2.05, 4.69) is 98.2 Å². The Kier molecular flexibility index (Phi) is 10.5. The van der Waals surface area contributed by atoms with Gasteiger partial charge in [-0.05, 0) is 33.2 Å². The van der Waals surface area contributed by atoms with Crippen molar-refractivity contribution in [3.05, 3.63) is 11.0 Å². The van der Waals surface area contributed by atoms with Gasteiger partial charge in [0.1, 0.15) is 29.0 Å². The van der Waals surface area contributed by atoms with E-state index in [1.807, 2.05) is 0 Å². The van der Waals surface area contributed by atoms with Crippen LogP contribution in [0, 0.1) is 4.64 Å². The number of H-pyrrole nitrogens is 1. The molecule has 0 spiro atoms. The Balaban J connectivity index is 2.10. The molecule has 0 unspecified atom stereocenters. The molecule has 0 aromatic carbocycles. The van der Waals surface area contributed by atoms with Crippen LogP contribution in [0.2, 0.25) is 33.2 Å². The number of anilines is 1. The van der Waals surface area contributed by atoms with Gasteiger partial charge in [-0.25, -0.2) is 19.0 Å². The molecule has 0 aliphatic carbocycles. The number of nitrogens with one attached hydrogen (secondary N) is 1. The van der Waals surface area contributed by atoms with Crippen molar-refractivity contribution < 1.29 is 18.0 Å². The summed E-state index contributed by atoms with van der Waals surface area (Å²) in [4.78, 5) is 8.44. The van der Waals surface area contributed by atoms with Gasteiger partial charge in [0, 0.05) is 0 Å². The number of hydrogen-bond donors (Lipinski definition) is 2. The second-order valence-corrected chi connectivity index (χ2v) is 24.6. The van der Waals surface area contributed by atoms with Crippen LogP contribution < -0.4 is 5.73 Å². The normalized spacial score (nSPS) is 22.9. The molecule has 8 nitrogen and oxygen atoms in total. The topological polar surface area (TPSA) is 100 Å². The lowest BCUT2D eigenvalue weighted by Gasteiger charge is -2.46. The molecule has 3 rings (SSSR count). The highest BCUT2D eigenvalue weighted by molar-refractivity contribution is 7.71. The summed E-state index contributed by atoms with van der Waals surface area (Å²) in [5, 5.41) is 3.56. The SMILES string of the molecule is CC(C)[Si](OC[C@H]1O[C@@H](n2[nH]c(=S)c3c(N)ncnc32)[C@@H](F)[C@@H]1O[Si](C(C)C)(C(C)C)C(C)C)(C(C)C)C(C)C. The summed E-state index contributed by atoms with van der Waals surface area (Å²) in [6.45, 7) is 27.0. The molecule has 12 heteroatoms. The van der Waals surface area contributed by atoms with Crippen LogP contribution in [-0.2, 0) is 13.6 Å². The highest BCUT2D eigenvalue weighted by Crippen LogP contribution is 2.48. The van der Waals surface area contributed by atoms with Crippen LogP contribution in [0.1, 0.15) is 89.3 Å². The second-order valence-electron chi connectivity index (χ2n) is 13.3. The van der Waals surface area contributed by atoms with Crippen LogP contribution in [0.15, 0.2) is 6.33 Å². The largest absolute Gasteiger partial charge is 0.413 e. The molecule has 1 aliphatic heterocycles. The summed E-state index contributed by atoms with van der Waals surface area (Å²) in [6, 6.07) is 0. The first-order valence-corrected chi connectivity index (χ1v) is 19.5. The zero-order chi connectivity index (χ0) is 30.3. The predicted octanol–water partition coefficient (Wildman–Crippen LogP) is 8.06. The third-order valence-corrected chi connectivity index (χ3v) is 21.8. The third-order valence-electron chi connectivity index (χ3n) is 9.31. The lowest BCUT2D eigenvalue weighted by molar-refractivity contribution is -0.0478. The fraction of sp³-hybridized carbons (Fsp3) is 0.821. The van der Waals surface area contributed by atoms with Crippen LogP contribution >= 0.6 is 12.2 Å². The molecule has 1 saturated heterocycles. The van der Waals surface area contributed by atoms with Crippen LogP contribution in [0.4, 0.5) is 10.2 Å². The Labute approximate surface area is 247 Å². The molecule has 0 saturated carbocycles. The van der Waals surface area contributed by atoms with Crippen LogP contribution in [0.25, 0.3) is 11.0 Å². The Morgan fingerprint density at radius 3 is 1.90 bits per heavy atom. The van der Waals surface area contributed by atoms with Gasteiger partial charge >= 0.3 is 0 Å². The van der Waals surface area contributed by atoms with Crippen molar-refractivity contribution in [3.63, 3.8) is 0 Å². The molecular weight excluding hydrogens is 562 g/mol. The van der Waals surface area contributed by atoms with Crippen molar-refractivity contribution in [1.82, 2.24) is 19.7 Å². The molecule has 1 aliphatic rings. The molecular formula is C28H52FN5O3SSi2. The maximum Gasteiger partial charge on any atom is 0.201 e. The second kappa shape index (κ2) is 12.6. The van der Waals surface area contributed by atoms with Crippen molar-refractivity contribution in [3.8, 4) is 0 Å². The summed E-state index contributed by atoms with van der Waals surface area (Å²) in [6.07, 6.45) is -2.51. The van der Waals surface area contributed by atoms with E-state index in [0.717, 1.165) is 0 Å². The number of alkyl halides is 1. The number of aromatic amines is 1. The van der Waals surface area contributed by atoms with Crippen molar-refractivity contribution in [2.45, 2.75) is 141 Å². The van der Waals surface area contributed by atoms with Gasteiger partial charge in [0.2, 0.25) is 8.32 Å². The van der Waals surface area contributed by atoms with Crippen molar-refractivity contribution in [2.75, 3.05) is 12.3 Å². The fourth-order valence-electron chi connectivity index (χ4n) is 7.74. The summed E-state index contributed by atoms with van der Waals surface area (Å²) in [7, 11) is -4.69. The van der Waals surface area contributed by atoms with Crippen LogP contribution in [-0.4, -0.2) is 61.4 Å². The number of hydrogen-bond acceptors (Lipinski definition) is 7. The first-order chi connectivity index (χ1) is 18.5. The summed E-state index contributed by atoms with van der Waals surface area (Å²) < 4.78 is 39.4. The van der Waals surface area contributed by atoms with Gasteiger partial charge < -0.3 is 19.3 Å². The molecule has 40 heavy (non-hydrogen) atoms. The van der Waals surface area contributed by atoms with Gasteiger partial charge in [-0.3, -0.25) is 5.10 Å². The number of nitrogens with two attached hydrogens (primary N) is 1. The van der Waals surface area contributed by atoms with Crippen molar-refractivity contribution in [1.29, 1.82) is 0 Å². The van der Waals surface area contributed by atoms with Crippen molar-refractivity contribution >= 4 is 45.7 Å². The van der Waals surface area contributed by atoms with Gasteiger partial charge in [0.15, 0.2) is 26.4 Å². The summed E-state index contributed by atoms with van der Waals surface area (Å²) in [5.74, 6) is 0.249. The highest BCUT2D eigenvalue weighted by Gasteiger charge is 2.56. The number of ether oxygens (including phenoxy) is 1. The number of fused-ring (bicyclic) bond motifs is 1. The highest BCUT2D eigenvalue weighted by atomic mass is 32.1. The monoisotopic (exact) mass is 613 g/mol. The first-order valence-electron chi connectivity index (χ1n) is 14.9. The molecule has 3 heterocycles. The molecule has 228 valence electrons. The number of aromatic nitrogens is 4. The minimum absolute atomic E-state index is 0.249. The van der Waals surface area contributed by atoms with E-state index in [9.17, 15) is 0 Å². The average molecular weight is 614 g/mol. The lowest BCUT2D eigenvalue weighted by Crippen LogP contribution is -2.55. The quantitative estimate of drug-likeness (QED) is 0.184. The third kappa shape index (κ3) is 5.60. The van der Waals surface area contributed by atoms with Crippen LogP contribution in [0.3, 0.4) is 0 Å². The van der Waals surface area contributed by atoms with E-state index >= 15 is 4.39 Å². The molecule has 2 aromatic heterocycles. The Morgan fingerprint density at radius 2 is 1.43 bits per heavy atom. The van der Waals surface area contributed by atoms with Gasteiger partial charge in [-0.15, -0.1) is 0 Å². The van der Waals surface area contributed by atoms with E-state index in [1.165, 1.54) is 6.33 Å². The van der Waals surface area contributed by atoms with Crippen molar-refractivity contribution in [2.24, 2.45) is 0 Å². The lowest BCUT2D eigenvalue weighted by atomic mass is 10.1. The predicted molar refractivity (Wildman–Crippen MR) is 169 cm³/mol. The number of halogens is 1. The zero-order valence-electron chi connectivity index (χ0n) is 26.5. The zero-order valence-corrected chi connectivity index (χ0v) is 29.3. The van der Waals surface area contributed by atoms with E-state index in [0.29, 0.717) is 48.9 Å². The fourth-order valence-corrected chi connectivity index (χ4v) is 19.1. The number of rotatable bonds is 12. The Bertz CT molecular complexity index is 1160. The Morgan fingerprint density at radius 1 is 0.925 bits per heavy atom. The van der Waals surface area contributed by atoms with E-state index in [1.54, 1.807) is 4.68 Å². The first kappa shape index (κ1) is 33.3. The molecule has 0 amide bonds. The molecule has 0 radical (unpaired) electrons. The molecule has 2 aromatic rings. The van der Waals surface area contributed by atoms with Gasteiger partial charge in [-0.1, -0.05) is 95.3 Å². The number of nitrogens with zero attached hydrogens (tertiary/aromatic N) is 3. The minimum Gasteiger partial charge on any atom is -0.413 e. The van der Waals surface area contributed by atoms with Gasteiger partial charge in [0.25, 0.3) is 0 Å².